The molecule has 2 unspecified atom stereocenters. The van der Waals surface area contributed by atoms with E-state index in [0.717, 1.165) is 44.7 Å². The molecule has 168 valence electrons. The fraction of sp³-hybridized carbons (Fsp3) is 0.269. The number of aryl methyl sites for hydroxylation is 1. The average molecular weight is 585 g/mol. The van der Waals surface area contributed by atoms with Crippen LogP contribution in [0.1, 0.15) is 58.7 Å². The summed E-state index contributed by atoms with van der Waals surface area (Å²) >= 11 is 8.53. The average Bonchev–Trinajstić information content (AvgIpc) is 3.37. The van der Waals surface area contributed by atoms with Gasteiger partial charge < -0.3 is 0 Å². The van der Waals surface area contributed by atoms with Crippen LogP contribution in [0.5, 0.6) is 0 Å². The molecule has 0 spiro atoms. The number of hydrazone groups is 1. The van der Waals surface area contributed by atoms with Crippen LogP contribution in [-0.2, 0) is 0 Å². The first-order valence-electron chi connectivity index (χ1n) is 11.0. The Balaban J connectivity index is 1.60. The highest BCUT2D eigenvalue weighted by Crippen LogP contribution is 2.47. The van der Waals surface area contributed by atoms with Gasteiger partial charge in [0.1, 0.15) is 0 Å². The normalized spacial score (nSPS) is 21.3. The summed E-state index contributed by atoms with van der Waals surface area (Å²) in [7, 11) is 0. The van der Waals surface area contributed by atoms with E-state index in [1.165, 1.54) is 28.0 Å². The van der Waals surface area contributed by atoms with Crippen LogP contribution < -0.4 is 5.01 Å². The van der Waals surface area contributed by atoms with E-state index in [1.807, 2.05) is 6.92 Å². The second kappa shape index (κ2) is 9.28. The van der Waals surface area contributed by atoms with E-state index in [4.69, 9.17) is 10.1 Å². The fourth-order valence-electron chi connectivity index (χ4n) is 4.72. The minimum Gasteiger partial charge on any atom is -0.294 e. The van der Waals surface area contributed by atoms with Crippen molar-refractivity contribution in [3.63, 3.8) is 0 Å². The van der Waals surface area contributed by atoms with Crippen molar-refractivity contribution in [3.8, 4) is 0 Å². The molecule has 1 saturated carbocycles. The minimum atomic E-state index is 0.0523. The van der Waals surface area contributed by atoms with Crippen molar-refractivity contribution in [2.75, 3.05) is 5.01 Å². The van der Waals surface area contributed by atoms with Crippen LogP contribution in [-0.4, -0.2) is 16.5 Å². The first-order chi connectivity index (χ1) is 15.9. The van der Waals surface area contributed by atoms with Crippen LogP contribution in [0.3, 0.4) is 0 Å². The summed E-state index contributed by atoms with van der Waals surface area (Å²) < 4.78 is 2.13. The second-order valence-corrected chi connectivity index (χ2v) is 11.3. The van der Waals surface area contributed by atoms with Crippen LogP contribution in [0.4, 0.5) is 5.13 Å². The molecular formula is C26H23Br2N3OS. The monoisotopic (exact) mass is 583 g/mol. The van der Waals surface area contributed by atoms with Crippen molar-refractivity contribution in [1.29, 1.82) is 0 Å². The Kier molecular flexibility index (Phi) is 6.38. The van der Waals surface area contributed by atoms with Gasteiger partial charge >= 0.3 is 0 Å². The molecule has 0 N–H and O–H groups in total. The maximum absolute atomic E-state index is 12.1. The largest absolute Gasteiger partial charge is 0.294 e. The highest BCUT2D eigenvalue weighted by Gasteiger charge is 2.43. The lowest BCUT2D eigenvalue weighted by atomic mass is 9.77. The van der Waals surface area contributed by atoms with Crippen molar-refractivity contribution in [2.24, 2.45) is 11.0 Å². The smallest absolute Gasteiger partial charge is 0.207 e. The summed E-state index contributed by atoms with van der Waals surface area (Å²) in [5, 5.41) is 8.02. The van der Waals surface area contributed by atoms with Gasteiger partial charge in [-0.3, -0.25) is 4.79 Å². The summed E-state index contributed by atoms with van der Waals surface area (Å²) in [6, 6.07) is 17.0. The van der Waals surface area contributed by atoms with Crippen molar-refractivity contribution in [3.05, 3.63) is 84.7 Å². The number of carbonyl (C=O) groups excluding carboxylic acids is 1. The van der Waals surface area contributed by atoms with Gasteiger partial charge in [-0.2, -0.15) is 5.10 Å². The first kappa shape index (κ1) is 22.7. The second-order valence-electron chi connectivity index (χ2n) is 8.51. The number of hydrogen-bond donors (Lipinski definition) is 0. The van der Waals surface area contributed by atoms with Gasteiger partial charge in [0.05, 0.1) is 22.3 Å². The fourth-order valence-corrected chi connectivity index (χ4v) is 6.20. The number of thiazole rings is 1. The molecule has 0 amide bonds. The number of anilines is 1. The Morgan fingerprint density at radius 2 is 1.76 bits per heavy atom. The topological polar surface area (TPSA) is 45.6 Å². The maximum atomic E-state index is 12.1. The van der Waals surface area contributed by atoms with Crippen LogP contribution >= 0.6 is 43.2 Å². The summed E-state index contributed by atoms with van der Waals surface area (Å²) in [4.78, 5) is 17.6. The third kappa shape index (κ3) is 4.51. The van der Waals surface area contributed by atoms with Gasteiger partial charge in [0.15, 0.2) is 5.78 Å². The Morgan fingerprint density at radius 3 is 2.39 bits per heavy atom. The van der Waals surface area contributed by atoms with E-state index in [9.17, 15) is 4.79 Å². The molecule has 7 heteroatoms. The van der Waals surface area contributed by atoms with Gasteiger partial charge in [-0.05, 0) is 73.2 Å². The molecule has 1 aromatic heterocycles. The molecule has 0 saturated heterocycles. The van der Waals surface area contributed by atoms with Gasteiger partial charge in [-0.1, -0.05) is 67.5 Å². The number of ketones is 1. The quantitative estimate of drug-likeness (QED) is 0.292. The van der Waals surface area contributed by atoms with Crippen LogP contribution in [0.2, 0.25) is 0 Å². The predicted octanol–water partition coefficient (Wildman–Crippen LogP) is 7.98. The zero-order valence-electron chi connectivity index (χ0n) is 18.4. The molecule has 3 aromatic rings. The SMILES string of the molecule is CC(=O)c1sc(N2N=C3/C(=C\c4ccc(Br)cc4)CCCC3C2c2ccc(Br)cc2)nc1C. The molecule has 1 fully saturated rings. The van der Waals surface area contributed by atoms with Crippen LogP contribution in [0.25, 0.3) is 6.08 Å². The molecule has 2 aliphatic rings. The number of nitrogens with zero attached hydrogens (tertiary/aromatic N) is 3. The van der Waals surface area contributed by atoms with Crippen molar-refractivity contribution >= 4 is 65.9 Å². The van der Waals surface area contributed by atoms with Crippen LogP contribution in [0, 0.1) is 12.8 Å². The van der Waals surface area contributed by atoms with Gasteiger partial charge in [0, 0.05) is 21.8 Å². The zero-order valence-corrected chi connectivity index (χ0v) is 22.4. The third-order valence-electron chi connectivity index (χ3n) is 6.23. The van der Waals surface area contributed by atoms with Crippen LogP contribution in [0.15, 0.2) is 68.2 Å². The van der Waals surface area contributed by atoms with Gasteiger partial charge in [-0.15, -0.1) is 0 Å². The summed E-state index contributed by atoms with van der Waals surface area (Å²) in [5.74, 6) is 0.336. The summed E-state index contributed by atoms with van der Waals surface area (Å²) in [6.45, 7) is 3.51. The number of carbonyl (C=O) groups is 1. The van der Waals surface area contributed by atoms with E-state index in [1.54, 1.807) is 6.92 Å². The highest BCUT2D eigenvalue weighted by atomic mass is 79.9. The molecule has 0 radical (unpaired) electrons. The molecule has 2 aromatic carbocycles. The lowest BCUT2D eigenvalue weighted by Crippen LogP contribution is -2.28. The van der Waals surface area contributed by atoms with Gasteiger partial charge in [-0.25, -0.2) is 9.99 Å². The maximum Gasteiger partial charge on any atom is 0.207 e. The molecular weight excluding hydrogens is 562 g/mol. The molecule has 1 aliphatic carbocycles. The lowest BCUT2D eigenvalue weighted by molar-refractivity contribution is 0.102. The van der Waals surface area contributed by atoms with Crippen molar-refractivity contribution in [2.45, 2.75) is 39.2 Å². The van der Waals surface area contributed by atoms with E-state index in [-0.39, 0.29) is 17.7 Å². The van der Waals surface area contributed by atoms with E-state index in [0.29, 0.717) is 4.88 Å². The van der Waals surface area contributed by atoms with Gasteiger partial charge in [0.2, 0.25) is 5.13 Å². The molecule has 33 heavy (non-hydrogen) atoms. The molecule has 1 aliphatic heterocycles. The van der Waals surface area contributed by atoms with E-state index >= 15 is 0 Å². The number of aromatic nitrogens is 1. The lowest BCUT2D eigenvalue weighted by Gasteiger charge is -2.29. The summed E-state index contributed by atoms with van der Waals surface area (Å²) in [5.41, 5.74) is 5.61. The van der Waals surface area contributed by atoms with Gasteiger partial charge in [0.25, 0.3) is 0 Å². The Morgan fingerprint density at radius 1 is 1.09 bits per heavy atom. The molecule has 4 nitrogen and oxygen atoms in total. The number of Topliss-reactive ketones (excluding diaryl/α,β-unsaturated/α-hetero) is 1. The number of hydrogen-bond acceptors (Lipinski definition) is 5. The number of rotatable bonds is 4. The number of allylic oxidation sites excluding steroid dienone is 1. The van der Waals surface area contributed by atoms with E-state index in [2.05, 4.69) is 91.5 Å². The zero-order chi connectivity index (χ0) is 23.1. The highest BCUT2D eigenvalue weighted by molar-refractivity contribution is 9.10. The number of benzene rings is 2. The first-order valence-corrected chi connectivity index (χ1v) is 13.4. The Labute approximate surface area is 214 Å². The molecule has 5 rings (SSSR count). The summed E-state index contributed by atoms with van der Waals surface area (Å²) in [6.07, 6.45) is 5.50. The van der Waals surface area contributed by atoms with Crippen molar-refractivity contribution in [1.82, 2.24) is 4.98 Å². The van der Waals surface area contributed by atoms with Crippen molar-refractivity contribution < 1.29 is 4.79 Å². The molecule has 0 bridgehead atoms. The standard InChI is InChI=1S/C26H23Br2N3OS/c1-15-25(16(2)32)33-26(29-15)31-24(18-8-12-21(28)13-9-18)22-5-3-4-19(23(22)30-31)14-17-6-10-20(27)11-7-17/h6-14,22,24H,3-5H2,1-2H3/b19-14-. The predicted molar refractivity (Wildman–Crippen MR) is 143 cm³/mol. The minimum absolute atomic E-state index is 0.0523. The molecule has 2 atom stereocenters. The Bertz CT molecular complexity index is 1260. The third-order valence-corrected chi connectivity index (χ3v) is 8.53. The Hall–Kier alpha value is -2.09. The number of fused-ring (bicyclic) bond motifs is 1. The van der Waals surface area contributed by atoms with E-state index < -0.39 is 0 Å². The number of halogens is 2. The molecule has 2 heterocycles.